The Morgan fingerprint density at radius 1 is 1.00 bits per heavy atom. The van der Waals surface area contributed by atoms with Crippen molar-refractivity contribution < 1.29 is 4.79 Å². The normalized spacial score (nSPS) is 15.6. The fourth-order valence-electron chi connectivity index (χ4n) is 3.10. The summed E-state index contributed by atoms with van der Waals surface area (Å²) in [4.78, 5) is 30.0. The van der Waals surface area contributed by atoms with Crippen LogP contribution < -0.4 is 5.56 Å². The van der Waals surface area contributed by atoms with Gasteiger partial charge in [0.2, 0.25) is 0 Å². The van der Waals surface area contributed by atoms with Crippen molar-refractivity contribution in [2.24, 2.45) is 17.1 Å². The van der Waals surface area contributed by atoms with Crippen LogP contribution in [0.5, 0.6) is 0 Å². The molecular weight excluding hydrogens is 398 g/mol. The van der Waals surface area contributed by atoms with E-state index in [1.165, 1.54) is 16.8 Å². The second-order valence-electron chi connectivity index (χ2n) is 6.95. The summed E-state index contributed by atoms with van der Waals surface area (Å²) < 4.78 is 3.33. The fourth-order valence-corrected chi connectivity index (χ4v) is 3.91. The Labute approximate surface area is 178 Å². The van der Waals surface area contributed by atoms with Gasteiger partial charge in [0.05, 0.1) is 23.3 Å². The lowest BCUT2D eigenvalue weighted by molar-refractivity contribution is -0.124. The summed E-state index contributed by atoms with van der Waals surface area (Å²) >= 11 is 1.27. The van der Waals surface area contributed by atoms with E-state index in [-0.39, 0.29) is 17.2 Å². The number of amides is 1. The quantitative estimate of drug-likeness (QED) is 0.609. The van der Waals surface area contributed by atoms with Crippen LogP contribution in [0.3, 0.4) is 0 Å². The maximum absolute atomic E-state index is 13.1. The highest BCUT2D eigenvalue weighted by Crippen LogP contribution is 2.25. The highest BCUT2D eigenvalue weighted by atomic mass is 32.2. The highest BCUT2D eigenvalue weighted by molar-refractivity contribution is 8.15. The van der Waals surface area contributed by atoms with Crippen LogP contribution in [0, 0.1) is 13.8 Å². The van der Waals surface area contributed by atoms with Gasteiger partial charge in [-0.15, -0.1) is 0 Å². The van der Waals surface area contributed by atoms with Gasteiger partial charge in [0.25, 0.3) is 11.5 Å². The molecule has 0 saturated carbocycles. The molecule has 0 unspecified atom stereocenters. The van der Waals surface area contributed by atoms with Crippen molar-refractivity contribution in [1.82, 2.24) is 14.4 Å². The number of rotatable bonds is 4. The molecule has 1 aliphatic heterocycles. The number of aromatic nitrogens is 2. The first-order chi connectivity index (χ1) is 14.5. The van der Waals surface area contributed by atoms with Crippen LogP contribution in [-0.4, -0.2) is 37.4 Å². The van der Waals surface area contributed by atoms with Gasteiger partial charge < -0.3 is 0 Å². The molecule has 4 rings (SSSR count). The predicted octanol–water partition coefficient (Wildman–Crippen LogP) is 3.39. The molecule has 30 heavy (non-hydrogen) atoms. The summed E-state index contributed by atoms with van der Waals surface area (Å²) in [5, 5.41) is 5.98. The molecular formula is C22H21N5O2S. The van der Waals surface area contributed by atoms with Gasteiger partial charge in [0.1, 0.15) is 0 Å². The van der Waals surface area contributed by atoms with Gasteiger partial charge in [-0.2, -0.15) is 10.1 Å². The molecule has 1 amide bonds. The zero-order chi connectivity index (χ0) is 21.3. The number of carbonyl (C=O) groups excluding carboxylic acids is 1. The van der Waals surface area contributed by atoms with E-state index in [1.807, 2.05) is 75.5 Å². The van der Waals surface area contributed by atoms with Crippen molar-refractivity contribution in [3.63, 3.8) is 0 Å². The van der Waals surface area contributed by atoms with Gasteiger partial charge in [-0.05, 0) is 31.5 Å². The first-order valence-electron chi connectivity index (χ1n) is 9.45. The first-order valence-corrected chi connectivity index (χ1v) is 10.4. The molecule has 2 heterocycles. The maximum atomic E-state index is 13.1. The Morgan fingerprint density at radius 3 is 2.40 bits per heavy atom. The van der Waals surface area contributed by atoms with Crippen molar-refractivity contribution in [2.45, 2.75) is 13.8 Å². The van der Waals surface area contributed by atoms with Crippen LogP contribution in [0.1, 0.15) is 16.8 Å². The van der Waals surface area contributed by atoms with Crippen LogP contribution in [0.25, 0.3) is 5.69 Å². The number of amidine groups is 1. The van der Waals surface area contributed by atoms with Gasteiger partial charge >= 0.3 is 0 Å². The molecule has 3 aromatic rings. The number of hydrazone groups is 1. The molecule has 0 spiro atoms. The molecule has 152 valence electrons. The minimum Gasteiger partial charge on any atom is -0.283 e. The van der Waals surface area contributed by atoms with E-state index in [0.29, 0.717) is 16.5 Å². The fraction of sp³-hybridized carbons (Fsp3) is 0.182. The summed E-state index contributed by atoms with van der Waals surface area (Å²) in [6.45, 7) is 3.85. The van der Waals surface area contributed by atoms with E-state index < -0.39 is 0 Å². The predicted molar refractivity (Wildman–Crippen MR) is 121 cm³/mol. The first kappa shape index (κ1) is 19.9. The van der Waals surface area contributed by atoms with Gasteiger partial charge in [0.15, 0.2) is 10.9 Å². The second kappa shape index (κ2) is 8.16. The summed E-state index contributed by atoms with van der Waals surface area (Å²) in [5.74, 6) is 0.0714. The molecule has 0 bridgehead atoms. The zero-order valence-corrected chi connectivity index (χ0v) is 17.8. The molecule has 0 aliphatic carbocycles. The number of hydrogen-bond donors (Lipinski definition) is 0. The molecule has 0 N–H and O–H groups in total. The van der Waals surface area contributed by atoms with Crippen molar-refractivity contribution in [1.29, 1.82) is 0 Å². The Kier molecular flexibility index (Phi) is 5.41. The summed E-state index contributed by atoms with van der Waals surface area (Å²) in [5.41, 5.74) is 3.55. The molecule has 1 fully saturated rings. The largest absolute Gasteiger partial charge is 0.297 e. The number of thioether (sulfide) groups is 1. The minimum atomic E-state index is -0.240. The van der Waals surface area contributed by atoms with E-state index in [2.05, 4.69) is 10.1 Å². The van der Waals surface area contributed by atoms with E-state index >= 15 is 0 Å². The van der Waals surface area contributed by atoms with E-state index in [9.17, 15) is 9.59 Å². The average molecular weight is 420 g/mol. The van der Waals surface area contributed by atoms with Crippen molar-refractivity contribution in [3.8, 4) is 5.69 Å². The minimum absolute atomic E-state index is 0.168. The number of carbonyl (C=O) groups is 1. The number of para-hydroxylation sites is 1. The Morgan fingerprint density at radius 2 is 1.70 bits per heavy atom. The molecule has 8 heteroatoms. The Hall–Kier alpha value is -3.39. The lowest BCUT2D eigenvalue weighted by Gasteiger charge is -2.08. The number of hydrogen-bond acceptors (Lipinski definition) is 5. The molecule has 2 aromatic carbocycles. The van der Waals surface area contributed by atoms with Crippen LogP contribution in [0.4, 0.5) is 5.69 Å². The van der Waals surface area contributed by atoms with Gasteiger partial charge in [-0.3, -0.25) is 14.3 Å². The highest BCUT2D eigenvalue weighted by Gasteiger charge is 2.29. The smallest absolute Gasteiger partial charge is 0.283 e. The topological polar surface area (TPSA) is 72.0 Å². The van der Waals surface area contributed by atoms with Gasteiger partial charge in [-0.25, -0.2) is 9.67 Å². The van der Waals surface area contributed by atoms with Gasteiger partial charge in [-0.1, -0.05) is 59.8 Å². The molecule has 1 aliphatic rings. The third-order valence-corrected chi connectivity index (χ3v) is 5.79. The van der Waals surface area contributed by atoms with E-state index in [4.69, 9.17) is 0 Å². The Balaban J connectivity index is 1.71. The SMILES string of the molecule is Cc1ccc(/C=N\N2C(=O)CSC2=Nc2c(C)n(C)n(-c3ccccc3)c2=O)cc1. The van der Waals surface area contributed by atoms with Crippen LogP contribution in [0.15, 0.2) is 69.5 Å². The summed E-state index contributed by atoms with van der Waals surface area (Å²) in [6, 6.07) is 17.2. The number of nitrogens with zero attached hydrogens (tertiary/aromatic N) is 5. The molecule has 0 radical (unpaired) electrons. The average Bonchev–Trinajstić information content (AvgIpc) is 3.20. The number of aryl methyl sites for hydroxylation is 1. The van der Waals surface area contributed by atoms with Crippen LogP contribution in [0.2, 0.25) is 0 Å². The van der Waals surface area contributed by atoms with E-state index in [1.54, 1.807) is 15.6 Å². The molecule has 1 aromatic heterocycles. The van der Waals surface area contributed by atoms with Crippen LogP contribution >= 0.6 is 11.8 Å². The number of benzene rings is 2. The standard InChI is InChI=1S/C22H21N5O2S/c1-15-9-11-17(12-10-15)13-23-26-19(28)14-30-22(26)24-20-16(2)25(3)27(21(20)29)18-7-5-4-6-8-18/h4-13H,14H2,1-3H3/b23-13-,24-22?. The third-order valence-electron chi connectivity index (χ3n) is 4.87. The monoisotopic (exact) mass is 419 g/mol. The molecule has 0 atom stereocenters. The van der Waals surface area contributed by atoms with E-state index in [0.717, 1.165) is 16.8 Å². The van der Waals surface area contributed by atoms with Crippen LogP contribution in [-0.2, 0) is 11.8 Å². The summed E-state index contributed by atoms with van der Waals surface area (Å²) in [7, 11) is 1.81. The number of aliphatic imine (C=N–C) groups is 1. The summed E-state index contributed by atoms with van der Waals surface area (Å²) in [6.07, 6.45) is 1.62. The maximum Gasteiger partial charge on any atom is 0.297 e. The Bertz CT molecular complexity index is 1210. The van der Waals surface area contributed by atoms with Crippen molar-refractivity contribution in [2.75, 3.05) is 5.75 Å². The van der Waals surface area contributed by atoms with Gasteiger partial charge in [0, 0.05) is 7.05 Å². The van der Waals surface area contributed by atoms with Crippen molar-refractivity contribution in [3.05, 3.63) is 81.8 Å². The lowest BCUT2D eigenvalue weighted by Crippen LogP contribution is -2.24. The zero-order valence-electron chi connectivity index (χ0n) is 16.9. The van der Waals surface area contributed by atoms with Crippen molar-refractivity contribution >= 4 is 34.7 Å². The molecule has 1 saturated heterocycles. The molecule has 7 nitrogen and oxygen atoms in total. The lowest BCUT2D eigenvalue weighted by atomic mass is 10.2. The third kappa shape index (κ3) is 3.73. The second-order valence-corrected chi connectivity index (χ2v) is 7.90.